The largest absolute Gasteiger partial charge is 0.362 e. The van der Waals surface area contributed by atoms with E-state index >= 15 is 0 Å². The topological polar surface area (TPSA) is 78.8 Å². The van der Waals surface area contributed by atoms with Crippen molar-refractivity contribution in [3.05, 3.63) is 51.1 Å². The van der Waals surface area contributed by atoms with Crippen LogP contribution in [0.2, 0.25) is 0 Å². The summed E-state index contributed by atoms with van der Waals surface area (Å²) < 4.78 is 30.0. The Morgan fingerprint density at radius 3 is 2.81 bits per heavy atom. The minimum absolute atomic E-state index is 0.0549. The number of carbonyl (C=O) groups is 1. The Morgan fingerprint density at radius 1 is 1.33 bits per heavy atom. The van der Waals surface area contributed by atoms with Gasteiger partial charge in [-0.1, -0.05) is 6.07 Å². The first-order chi connectivity index (χ1) is 12.8. The van der Waals surface area contributed by atoms with Crippen molar-refractivity contribution in [2.45, 2.75) is 17.7 Å². The molecule has 1 aromatic heterocycles. The minimum atomic E-state index is -3.81. The zero-order valence-electron chi connectivity index (χ0n) is 14.6. The van der Waals surface area contributed by atoms with Gasteiger partial charge < -0.3 is 10.2 Å². The molecule has 1 amide bonds. The van der Waals surface area contributed by atoms with Crippen LogP contribution in [0, 0.1) is 0 Å². The maximum Gasteiger partial charge on any atom is 0.284 e. The Kier molecular flexibility index (Phi) is 6.13. The molecule has 0 spiro atoms. The molecule has 0 aliphatic carbocycles. The fraction of sp³-hybridized carbons (Fsp3) is 0.222. The van der Waals surface area contributed by atoms with Crippen molar-refractivity contribution >= 4 is 60.8 Å². The van der Waals surface area contributed by atoms with E-state index in [2.05, 4.69) is 25.6 Å². The number of amidine groups is 1. The lowest BCUT2D eigenvalue weighted by molar-refractivity contribution is -0.111. The third-order valence-electron chi connectivity index (χ3n) is 3.95. The molecule has 1 fully saturated rings. The summed E-state index contributed by atoms with van der Waals surface area (Å²) in [6.07, 6.45) is 4.66. The molecule has 3 rings (SSSR count). The molecule has 6 nitrogen and oxygen atoms in total. The molecule has 9 heteroatoms. The van der Waals surface area contributed by atoms with Crippen molar-refractivity contribution in [3.63, 3.8) is 0 Å². The average molecular weight is 468 g/mol. The Bertz CT molecular complexity index is 1010. The summed E-state index contributed by atoms with van der Waals surface area (Å²) in [6, 6.07) is 9.91. The van der Waals surface area contributed by atoms with Gasteiger partial charge in [0, 0.05) is 36.7 Å². The molecule has 0 unspecified atom stereocenters. The van der Waals surface area contributed by atoms with E-state index in [1.165, 1.54) is 29.5 Å². The molecule has 0 radical (unpaired) electrons. The van der Waals surface area contributed by atoms with Crippen LogP contribution in [-0.2, 0) is 14.8 Å². The highest BCUT2D eigenvalue weighted by atomic mass is 79.9. The molecule has 0 atom stereocenters. The van der Waals surface area contributed by atoms with Gasteiger partial charge in [-0.2, -0.15) is 8.42 Å². The van der Waals surface area contributed by atoms with E-state index in [0.717, 1.165) is 21.6 Å². The molecule has 1 N–H and O–H groups in total. The first-order valence-corrected chi connectivity index (χ1v) is 11.3. The van der Waals surface area contributed by atoms with Gasteiger partial charge in [0.1, 0.15) is 5.84 Å². The SMILES string of the molecule is CN1CCC/C1=N\S(=O)(=O)c1cccc(NC(=O)/C=C/c2ccc(Br)s2)c1. The number of hydrogen-bond acceptors (Lipinski definition) is 4. The summed E-state index contributed by atoms with van der Waals surface area (Å²) in [5.41, 5.74) is 0.401. The number of anilines is 1. The van der Waals surface area contributed by atoms with Gasteiger partial charge in [0.2, 0.25) is 5.91 Å². The van der Waals surface area contributed by atoms with Gasteiger partial charge in [-0.05, 0) is 58.8 Å². The number of amides is 1. The molecule has 27 heavy (non-hydrogen) atoms. The Hall–Kier alpha value is -1.97. The standard InChI is InChI=1S/C18H18BrN3O3S2/c1-22-11-3-6-17(22)21-27(24,25)15-5-2-4-13(12-15)20-18(23)10-8-14-7-9-16(19)26-14/h2,4-5,7-10,12H,3,6,11H2,1H3,(H,20,23)/b10-8+,21-17+. The summed E-state index contributed by atoms with van der Waals surface area (Å²) >= 11 is 4.88. The number of benzene rings is 1. The van der Waals surface area contributed by atoms with E-state index in [-0.39, 0.29) is 10.8 Å². The molecule has 2 aromatic rings. The van der Waals surface area contributed by atoms with E-state index in [1.807, 2.05) is 24.1 Å². The Balaban J connectivity index is 1.73. The molecule has 0 saturated carbocycles. The van der Waals surface area contributed by atoms with Gasteiger partial charge in [-0.3, -0.25) is 4.79 Å². The van der Waals surface area contributed by atoms with Gasteiger partial charge in [0.05, 0.1) is 8.68 Å². The quantitative estimate of drug-likeness (QED) is 0.674. The van der Waals surface area contributed by atoms with Crippen LogP contribution >= 0.6 is 27.3 Å². The first-order valence-electron chi connectivity index (χ1n) is 8.23. The third-order valence-corrected chi connectivity index (χ3v) is 6.84. The van der Waals surface area contributed by atoms with Crippen LogP contribution in [0.25, 0.3) is 6.08 Å². The smallest absolute Gasteiger partial charge is 0.284 e. The van der Waals surface area contributed by atoms with Gasteiger partial charge in [-0.25, -0.2) is 0 Å². The third kappa shape index (κ3) is 5.27. The number of hydrogen-bond donors (Lipinski definition) is 1. The molecular formula is C18H18BrN3O3S2. The van der Waals surface area contributed by atoms with E-state index < -0.39 is 10.0 Å². The van der Waals surface area contributed by atoms with E-state index in [1.54, 1.807) is 18.2 Å². The summed E-state index contributed by atoms with van der Waals surface area (Å²) in [4.78, 5) is 14.9. The molecule has 0 bridgehead atoms. The van der Waals surface area contributed by atoms with Crippen molar-refractivity contribution in [3.8, 4) is 0 Å². The Labute approximate surface area is 170 Å². The van der Waals surface area contributed by atoms with Crippen molar-refractivity contribution in [1.29, 1.82) is 0 Å². The number of nitrogens with zero attached hydrogens (tertiary/aromatic N) is 2. The number of rotatable bonds is 5. The lowest BCUT2D eigenvalue weighted by Gasteiger charge is -2.11. The van der Waals surface area contributed by atoms with Crippen LogP contribution in [-0.4, -0.2) is 38.7 Å². The van der Waals surface area contributed by atoms with E-state index in [0.29, 0.717) is 17.9 Å². The summed E-state index contributed by atoms with van der Waals surface area (Å²) in [5, 5.41) is 2.68. The number of thiophene rings is 1. The number of sulfonamides is 1. The fourth-order valence-corrected chi connectivity index (χ4v) is 5.06. The first kappa shape index (κ1) is 19.8. The Morgan fingerprint density at radius 2 is 2.15 bits per heavy atom. The lowest BCUT2D eigenvalue weighted by Crippen LogP contribution is -2.20. The predicted octanol–water partition coefficient (Wildman–Crippen LogP) is 3.98. The molecule has 142 valence electrons. The molecule has 2 heterocycles. The summed E-state index contributed by atoms with van der Waals surface area (Å²) in [6.45, 7) is 0.803. The predicted molar refractivity (Wildman–Crippen MR) is 113 cm³/mol. The highest BCUT2D eigenvalue weighted by Crippen LogP contribution is 2.23. The highest BCUT2D eigenvalue weighted by Gasteiger charge is 2.20. The van der Waals surface area contributed by atoms with Gasteiger partial charge in [-0.15, -0.1) is 15.7 Å². The van der Waals surface area contributed by atoms with Crippen LogP contribution in [0.1, 0.15) is 17.7 Å². The molecule has 1 aliphatic rings. The second-order valence-corrected chi connectivity index (χ2v) is 10.1. The highest BCUT2D eigenvalue weighted by molar-refractivity contribution is 9.11. The molecular weight excluding hydrogens is 450 g/mol. The average Bonchev–Trinajstić information content (AvgIpc) is 3.21. The number of carbonyl (C=O) groups excluding carboxylic acids is 1. The van der Waals surface area contributed by atoms with Crippen molar-refractivity contribution in [2.24, 2.45) is 4.40 Å². The van der Waals surface area contributed by atoms with Crippen LogP contribution < -0.4 is 5.32 Å². The van der Waals surface area contributed by atoms with Crippen molar-refractivity contribution in [1.82, 2.24) is 4.90 Å². The number of halogens is 1. The second kappa shape index (κ2) is 8.37. The van der Waals surface area contributed by atoms with Gasteiger partial charge in [0.25, 0.3) is 10.0 Å². The summed E-state index contributed by atoms with van der Waals surface area (Å²) in [7, 11) is -1.98. The number of likely N-dealkylation sites (tertiary alicyclic amines) is 1. The van der Waals surface area contributed by atoms with E-state index in [4.69, 9.17) is 0 Å². The summed E-state index contributed by atoms with van der Waals surface area (Å²) in [5.74, 6) is 0.227. The van der Waals surface area contributed by atoms with Crippen LogP contribution in [0.5, 0.6) is 0 Å². The maximum absolute atomic E-state index is 12.5. The van der Waals surface area contributed by atoms with Gasteiger partial charge in [0.15, 0.2) is 0 Å². The van der Waals surface area contributed by atoms with Crippen LogP contribution in [0.15, 0.2) is 55.6 Å². The zero-order chi connectivity index (χ0) is 19.4. The molecule has 1 aromatic carbocycles. The maximum atomic E-state index is 12.5. The van der Waals surface area contributed by atoms with Crippen molar-refractivity contribution in [2.75, 3.05) is 18.9 Å². The number of nitrogens with one attached hydrogen (secondary N) is 1. The lowest BCUT2D eigenvalue weighted by atomic mass is 10.3. The normalized spacial score (nSPS) is 16.4. The monoisotopic (exact) mass is 467 g/mol. The van der Waals surface area contributed by atoms with E-state index in [9.17, 15) is 13.2 Å². The molecule has 1 aliphatic heterocycles. The van der Waals surface area contributed by atoms with Crippen LogP contribution in [0.3, 0.4) is 0 Å². The second-order valence-electron chi connectivity index (χ2n) is 6.00. The zero-order valence-corrected chi connectivity index (χ0v) is 17.8. The van der Waals surface area contributed by atoms with Crippen molar-refractivity contribution < 1.29 is 13.2 Å². The fourth-order valence-electron chi connectivity index (χ4n) is 2.59. The van der Waals surface area contributed by atoms with Crippen LogP contribution in [0.4, 0.5) is 5.69 Å². The van der Waals surface area contributed by atoms with Gasteiger partial charge >= 0.3 is 0 Å². The minimum Gasteiger partial charge on any atom is -0.362 e. The molecule has 1 saturated heterocycles.